The van der Waals surface area contributed by atoms with E-state index in [0.29, 0.717) is 16.3 Å². The summed E-state index contributed by atoms with van der Waals surface area (Å²) in [6, 6.07) is 14.7. The van der Waals surface area contributed by atoms with E-state index in [9.17, 15) is 9.59 Å². The predicted molar refractivity (Wildman–Crippen MR) is 83.5 cm³/mol. The highest BCUT2D eigenvalue weighted by Gasteiger charge is 2.20. The topological polar surface area (TPSA) is 81.4 Å². The van der Waals surface area contributed by atoms with Gasteiger partial charge < -0.3 is 15.8 Å². The molecular weight excluding hydrogens is 304 g/mol. The quantitative estimate of drug-likeness (QED) is 0.855. The van der Waals surface area contributed by atoms with E-state index < -0.39 is 17.9 Å². The second-order valence-corrected chi connectivity index (χ2v) is 4.94. The SMILES string of the molecule is NC(=O)C(NC(=O)COc1ccccc1Cl)c1ccccc1. The van der Waals surface area contributed by atoms with Crippen LogP contribution in [0.25, 0.3) is 0 Å². The molecule has 0 spiro atoms. The summed E-state index contributed by atoms with van der Waals surface area (Å²) in [6.45, 7) is -0.264. The summed E-state index contributed by atoms with van der Waals surface area (Å²) in [5.74, 6) is -0.709. The number of ether oxygens (including phenoxy) is 1. The molecule has 0 fully saturated rings. The van der Waals surface area contributed by atoms with Gasteiger partial charge in [0.1, 0.15) is 11.8 Å². The van der Waals surface area contributed by atoms with Crippen molar-refractivity contribution in [2.24, 2.45) is 5.73 Å². The van der Waals surface area contributed by atoms with E-state index in [-0.39, 0.29) is 6.61 Å². The molecule has 0 saturated heterocycles. The smallest absolute Gasteiger partial charge is 0.258 e. The van der Waals surface area contributed by atoms with E-state index in [1.807, 2.05) is 6.07 Å². The molecule has 6 heteroatoms. The molecule has 1 atom stereocenters. The summed E-state index contributed by atoms with van der Waals surface area (Å²) in [5.41, 5.74) is 5.94. The van der Waals surface area contributed by atoms with Crippen LogP contribution < -0.4 is 15.8 Å². The van der Waals surface area contributed by atoms with Crippen LogP contribution in [0.1, 0.15) is 11.6 Å². The Morgan fingerprint density at radius 3 is 2.36 bits per heavy atom. The van der Waals surface area contributed by atoms with E-state index in [2.05, 4.69) is 5.32 Å². The molecule has 2 aromatic carbocycles. The van der Waals surface area contributed by atoms with Gasteiger partial charge in [-0.15, -0.1) is 0 Å². The van der Waals surface area contributed by atoms with Gasteiger partial charge >= 0.3 is 0 Å². The third-order valence-corrected chi connectivity index (χ3v) is 3.23. The molecule has 3 N–H and O–H groups in total. The second-order valence-electron chi connectivity index (χ2n) is 4.53. The standard InChI is InChI=1S/C16H15ClN2O3/c17-12-8-4-5-9-13(12)22-10-14(20)19-15(16(18)21)11-6-2-1-3-7-11/h1-9,15H,10H2,(H2,18,21)(H,19,20). The van der Waals surface area contributed by atoms with Crippen molar-refractivity contribution in [3.63, 3.8) is 0 Å². The molecule has 2 amide bonds. The maximum atomic E-state index is 11.9. The van der Waals surface area contributed by atoms with Gasteiger partial charge in [0.05, 0.1) is 5.02 Å². The number of para-hydroxylation sites is 1. The average Bonchev–Trinajstić information content (AvgIpc) is 2.52. The number of amides is 2. The van der Waals surface area contributed by atoms with Crippen molar-refractivity contribution in [3.8, 4) is 5.75 Å². The number of primary amides is 1. The first-order valence-corrected chi connectivity index (χ1v) is 6.96. The van der Waals surface area contributed by atoms with Gasteiger partial charge in [0.25, 0.3) is 5.91 Å². The maximum Gasteiger partial charge on any atom is 0.258 e. The van der Waals surface area contributed by atoms with Crippen molar-refractivity contribution in [1.29, 1.82) is 0 Å². The molecular formula is C16H15ClN2O3. The number of benzene rings is 2. The van der Waals surface area contributed by atoms with Crippen LogP contribution in [0.5, 0.6) is 5.75 Å². The molecule has 0 aliphatic rings. The predicted octanol–water partition coefficient (Wildman–Crippen LogP) is 2.06. The van der Waals surface area contributed by atoms with Gasteiger partial charge in [-0.25, -0.2) is 0 Å². The minimum absolute atomic E-state index is 0.264. The third kappa shape index (κ3) is 4.23. The Morgan fingerprint density at radius 2 is 1.73 bits per heavy atom. The lowest BCUT2D eigenvalue weighted by atomic mass is 10.1. The van der Waals surface area contributed by atoms with Crippen molar-refractivity contribution in [1.82, 2.24) is 5.32 Å². The highest BCUT2D eigenvalue weighted by molar-refractivity contribution is 6.32. The van der Waals surface area contributed by atoms with E-state index in [0.717, 1.165) is 0 Å². The van der Waals surface area contributed by atoms with Gasteiger partial charge in [0.15, 0.2) is 6.61 Å². The number of hydrogen-bond acceptors (Lipinski definition) is 3. The Balaban J connectivity index is 1.98. The molecule has 2 aromatic rings. The normalized spacial score (nSPS) is 11.5. The maximum absolute atomic E-state index is 11.9. The van der Waals surface area contributed by atoms with Gasteiger partial charge in [-0.05, 0) is 17.7 Å². The fourth-order valence-electron chi connectivity index (χ4n) is 1.87. The van der Waals surface area contributed by atoms with E-state index >= 15 is 0 Å². The first kappa shape index (κ1) is 15.9. The molecule has 114 valence electrons. The molecule has 0 heterocycles. The molecule has 0 bridgehead atoms. The zero-order valence-corrected chi connectivity index (χ0v) is 12.4. The van der Waals surface area contributed by atoms with Gasteiger partial charge in [0.2, 0.25) is 5.91 Å². The lowest BCUT2D eigenvalue weighted by molar-refractivity contribution is -0.128. The first-order chi connectivity index (χ1) is 10.6. The van der Waals surface area contributed by atoms with Crippen molar-refractivity contribution in [2.75, 3.05) is 6.61 Å². The van der Waals surface area contributed by atoms with E-state index in [1.54, 1.807) is 48.5 Å². The highest BCUT2D eigenvalue weighted by atomic mass is 35.5. The first-order valence-electron chi connectivity index (χ1n) is 6.59. The third-order valence-electron chi connectivity index (χ3n) is 2.92. The zero-order chi connectivity index (χ0) is 15.9. The Labute approximate surface area is 133 Å². The average molecular weight is 319 g/mol. The largest absolute Gasteiger partial charge is 0.482 e. The fourth-order valence-corrected chi connectivity index (χ4v) is 2.06. The Morgan fingerprint density at radius 1 is 1.09 bits per heavy atom. The van der Waals surface area contributed by atoms with Crippen LogP contribution >= 0.6 is 11.6 Å². The number of hydrogen-bond donors (Lipinski definition) is 2. The lowest BCUT2D eigenvalue weighted by Crippen LogP contribution is -2.39. The fraction of sp³-hybridized carbons (Fsp3) is 0.125. The molecule has 0 saturated carbocycles. The summed E-state index contributed by atoms with van der Waals surface area (Å²) < 4.78 is 5.32. The van der Waals surface area contributed by atoms with Crippen LogP contribution in [-0.2, 0) is 9.59 Å². The van der Waals surface area contributed by atoms with Crippen molar-refractivity contribution >= 4 is 23.4 Å². The molecule has 0 aliphatic carbocycles. The minimum atomic E-state index is -0.899. The zero-order valence-electron chi connectivity index (χ0n) is 11.7. The van der Waals surface area contributed by atoms with Crippen LogP contribution in [0.3, 0.4) is 0 Å². The van der Waals surface area contributed by atoms with Crippen LogP contribution in [0.2, 0.25) is 5.02 Å². The molecule has 5 nitrogen and oxygen atoms in total. The van der Waals surface area contributed by atoms with Gasteiger partial charge in [-0.1, -0.05) is 54.1 Å². The van der Waals surface area contributed by atoms with Crippen LogP contribution in [0.15, 0.2) is 54.6 Å². The number of carbonyl (C=O) groups is 2. The number of carbonyl (C=O) groups excluding carboxylic acids is 2. The van der Waals surface area contributed by atoms with Gasteiger partial charge in [-0.3, -0.25) is 9.59 Å². The molecule has 0 aromatic heterocycles. The Hall–Kier alpha value is -2.53. The number of nitrogens with two attached hydrogens (primary N) is 1. The van der Waals surface area contributed by atoms with Gasteiger partial charge in [-0.2, -0.15) is 0 Å². The van der Waals surface area contributed by atoms with Crippen LogP contribution in [0.4, 0.5) is 0 Å². The summed E-state index contributed by atoms with van der Waals surface area (Å²) in [5, 5.41) is 2.95. The molecule has 1 unspecified atom stereocenters. The Bertz CT molecular complexity index is 661. The van der Waals surface area contributed by atoms with E-state index in [4.69, 9.17) is 22.1 Å². The van der Waals surface area contributed by atoms with Gasteiger partial charge in [0, 0.05) is 0 Å². The van der Waals surface area contributed by atoms with Crippen molar-refractivity contribution in [3.05, 3.63) is 65.2 Å². The van der Waals surface area contributed by atoms with Crippen LogP contribution in [0, 0.1) is 0 Å². The molecule has 22 heavy (non-hydrogen) atoms. The molecule has 2 rings (SSSR count). The number of nitrogens with one attached hydrogen (secondary N) is 1. The number of halogens is 1. The van der Waals surface area contributed by atoms with Crippen LogP contribution in [-0.4, -0.2) is 18.4 Å². The lowest BCUT2D eigenvalue weighted by Gasteiger charge is -2.16. The molecule has 0 radical (unpaired) electrons. The van der Waals surface area contributed by atoms with Crippen molar-refractivity contribution in [2.45, 2.75) is 6.04 Å². The van der Waals surface area contributed by atoms with Crippen molar-refractivity contribution < 1.29 is 14.3 Å². The summed E-state index contributed by atoms with van der Waals surface area (Å²) >= 11 is 5.93. The second kappa shape index (κ2) is 7.47. The number of rotatable bonds is 6. The van der Waals surface area contributed by atoms with E-state index in [1.165, 1.54) is 0 Å². The highest BCUT2D eigenvalue weighted by Crippen LogP contribution is 2.22. The summed E-state index contributed by atoms with van der Waals surface area (Å²) in [7, 11) is 0. The summed E-state index contributed by atoms with van der Waals surface area (Å²) in [6.07, 6.45) is 0. The monoisotopic (exact) mass is 318 g/mol. The Kier molecular flexibility index (Phi) is 5.38. The molecule has 0 aliphatic heterocycles. The summed E-state index contributed by atoms with van der Waals surface area (Å²) in [4.78, 5) is 23.4. The minimum Gasteiger partial charge on any atom is -0.482 e.